The molecule has 2 unspecified atom stereocenters. The molecule has 13 nitrogen and oxygen atoms in total. The van der Waals surface area contributed by atoms with E-state index in [1.165, 1.54) is 26.0 Å². The molecule has 0 saturated carbocycles. The van der Waals surface area contributed by atoms with Crippen LogP contribution >= 0.6 is 0 Å². The topological polar surface area (TPSA) is 215 Å². The zero-order valence-electron chi connectivity index (χ0n) is 23.1. The number of aromatic hydroxyl groups is 1. The number of hydrogen-bond donors (Lipinski definition) is 5. The van der Waals surface area contributed by atoms with Gasteiger partial charge in [0.2, 0.25) is 11.6 Å². The minimum atomic E-state index is -4.37. The highest BCUT2D eigenvalue weighted by atomic mass is 32.2. The van der Waals surface area contributed by atoms with E-state index < -0.39 is 61.8 Å². The molecule has 1 aliphatic rings. The fraction of sp³-hybridized carbons (Fsp3) is 0.259. The van der Waals surface area contributed by atoms with E-state index in [1.54, 1.807) is 18.2 Å². The third kappa shape index (κ3) is 5.84. The molecule has 43 heavy (non-hydrogen) atoms. The van der Waals surface area contributed by atoms with E-state index in [0.29, 0.717) is 12.7 Å². The number of phenolic OH excluding ortho intramolecular Hbond substituents is 1. The van der Waals surface area contributed by atoms with Gasteiger partial charge in [0.1, 0.15) is 23.8 Å². The second-order valence-corrected chi connectivity index (χ2v) is 12.7. The van der Waals surface area contributed by atoms with Crippen LogP contribution in [0.4, 0.5) is 8.78 Å². The van der Waals surface area contributed by atoms with Crippen molar-refractivity contribution >= 4 is 27.9 Å². The summed E-state index contributed by atoms with van der Waals surface area (Å²) in [5, 5.41) is 27.0. The number of pyridine rings is 1. The number of benzene rings is 2. The average molecular weight is 619 g/mol. The first-order valence-corrected chi connectivity index (χ1v) is 14.0. The molecule has 16 heteroatoms. The Hall–Kier alpha value is -4.67. The van der Waals surface area contributed by atoms with Gasteiger partial charge in [0.05, 0.1) is 15.8 Å². The standard InChI is InChI=1S/C27H28F2N6O7S/c1-27(2,22(30)26(37)38)43(39,40)14-5-7-18(15(11-14)24-33-8-9-35(24)3)41-21-16(28)12-34-25(20(21)29)42-19-10-13(23(31)32)4-6-17(19)36/h4-8,10-12,22,24,36H,9,30H2,1-3H3,(H3,31,32)(H,37,38). The lowest BCUT2D eigenvalue weighted by atomic mass is 10.1. The van der Waals surface area contributed by atoms with Gasteiger partial charge in [-0.3, -0.25) is 20.1 Å². The van der Waals surface area contributed by atoms with Crippen LogP contribution in [0.3, 0.4) is 0 Å². The largest absolute Gasteiger partial charge is 0.504 e. The molecule has 3 aromatic rings. The number of aliphatic imine (C=N–C) groups is 1. The van der Waals surface area contributed by atoms with Crippen molar-refractivity contribution in [2.45, 2.75) is 35.7 Å². The maximum atomic E-state index is 15.6. The summed E-state index contributed by atoms with van der Waals surface area (Å²) in [6, 6.07) is 5.33. The van der Waals surface area contributed by atoms with Crippen LogP contribution < -0.4 is 20.9 Å². The number of aliphatic carboxylic acids is 1. The van der Waals surface area contributed by atoms with E-state index in [0.717, 1.165) is 24.3 Å². The van der Waals surface area contributed by atoms with Gasteiger partial charge < -0.3 is 31.2 Å². The first-order chi connectivity index (χ1) is 20.1. The van der Waals surface area contributed by atoms with Crippen molar-refractivity contribution in [3.63, 3.8) is 0 Å². The predicted octanol–water partition coefficient (Wildman–Crippen LogP) is 2.91. The minimum absolute atomic E-state index is 0.0990. The molecule has 4 rings (SSSR count). The van der Waals surface area contributed by atoms with E-state index in [-0.39, 0.29) is 33.4 Å². The number of hydrogen-bond acceptors (Lipinski definition) is 11. The lowest BCUT2D eigenvalue weighted by Gasteiger charge is -2.29. The summed E-state index contributed by atoms with van der Waals surface area (Å²) in [5.74, 6) is -7.18. The van der Waals surface area contributed by atoms with Crippen molar-refractivity contribution < 1.29 is 41.7 Å². The Labute approximate surface area is 244 Å². The summed E-state index contributed by atoms with van der Waals surface area (Å²) in [7, 11) is -2.70. The normalized spacial score (nSPS) is 16.2. The summed E-state index contributed by atoms with van der Waals surface area (Å²) in [6.07, 6.45) is 1.35. The number of amidine groups is 1. The fourth-order valence-electron chi connectivity index (χ4n) is 4.14. The zero-order chi connectivity index (χ0) is 31.9. The number of aromatic nitrogens is 1. The number of carboxylic acid groups (broad SMARTS) is 1. The van der Waals surface area contributed by atoms with Gasteiger partial charge >= 0.3 is 5.97 Å². The molecule has 0 aliphatic carbocycles. The van der Waals surface area contributed by atoms with Crippen LogP contribution in [0.25, 0.3) is 0 Å². The number of ether oxygens (including phenoxy) is 2. The summed E-state index contributed by atoms with van der Waals surface area (Å²) in [5.41, 5.74) is 11.4. The molecule has 1 aromatic heterocycles. The Morgan fingerprint density at radius 2 is 1.88 bits per heavy atom. The number of nitrogen functional groups attached to an aromatic ring is 1. The van der Waals surface area contributed by atoms with Crippen molar-refractivity contribution in [2.75, 3.05) is 13.6 Å². The van der Waals surface area contributed by atoms with Gasteiger partial charge in [0.25, 0.3) is 5.88 Å². The quantitative estimate of drug-likeness (QED) is 0.164. The zero-order valence-corrected chi connectivity index (χ0v) is 23.9. The molecule has 1 aliphatic heterocycles. The number of rotatable bonds is 10. The highest BCUT2D eigenvalue weighted by molar-refractivity contribution is 7.92. The van der Waals surface area contributed by atoms with Crippen LogP contribution in [0.15, 0.2) is 52.5 Å². The summed E-state index contributed by atoms with van der Waals surface area (Å²) in [6.45, 7) is 2.73. The Morgan fingerprint density at radius 1 is 1.19 bits per heavy atom. The SMILES string of the molecule is CN1CC=NC1c1cc(S(=O)(=O)C(C)(C)C(N)C(=O)O)ccc1Oc1c(F)cnc(Oc2cc(C(=N)N)ccc2O)c1F. The van der Waals surface area contributed by atoms with E-state index in [2.05, 4.69) is 9.98 Å². The highest BCUT2D eigenvalue weighted by Crippen LogP contribution is 2.41. The number of sulfone groups is 1. The molecule has 0 radical (unpaired) electrons. The second kappa shape index (κ2) is 11.5. The Bertz CT molecular complexity index is 1750. The second-order valence-electron chi connectivity index (χ2n) is 10.1. The maximum Gasteiger partial charge on any atom is 0.322 e. The lowest BCUT2D eigenvalue weighted by molar-refractivity contribution is -0.139. The monoisotopic (exact) mass is 618 g/mol. The van der Waals surface area contributed by atoms with Crippen LogP contribution in [0.2, 0.25) is 0 Å². The van der Waals surface area contributed by atoms with Crippen LogP contribution in [0.1, 0.15) is 31.1 Å². The molecule has 0 fully saturated rings. The third-order valence-corrected chi connectivity index (χ3v) is 9.41. The molecular formula is C27H28F2N6O7S. The van der Waals surface area contributed by atoms with E-state index >= 15 is 4.39 Å². The number of nitrogens with zero attached hydrogens (tertiary/aromatic N) is 3. The van der Waals surface area contributed by atoms with Gasteiger partial charge in [-0.25, -0.2) is 17.8 Å². The minimum Gasteiger partial charge on any atom is -0.504 e. The van der Waals surface area contributed by atoms with Crippen molar-refractivity contribution in [3.05, 3.63) is 65.4 Å². The summed E-state index contributed by atoms with van der Waals surface area (Å²) < 4.78 is 66.5. The molecule has 2 heterocycles. The maximum absolute atomic E-state index is 15.6. The average Bonchev–Trinajstić information content (AvgIpc) is 3.38. The third-order valence-electron chi connectivity index (χ3n) is 6.90. The molecule has 0 spiro atoms. The van der Waals surface area contributed by atoms with Crippen LogP contribution in [-0.4, -0.2) is 70.9 Å². The van der Waals surface area contributed by atoms with Crippen LogP contribution in [0, 0.1) is 17.0 Å². The molecule has 0 saturated heterocycles. The van der Waals surface area contributed by atoms with E-state index in [1.807, 2.05) is 0 Å². The molecule has 0 bridgehead atoms. The first-order valence-electron chi connectivity index (χ1n) is 12.5. The molecule has 2 aromatic carbocycles. The van der Waals surface area contributed by atoms with E-state index in [4.69, 9.17) is 26.4 Å². The Morgan fingerprint density at radius 3 is 2.49 bits per heavy atom. The molecule has 2 atom stereocenters. The number of halogens is 2. The Kier molecular flexibility index (Phi) is 8.39. The van der Waals surface area contributed by atoms with Gasteiger partial charge in [-0.2, -0.15) is 4.39 Å². The number of carbonyl (C=O) groups is 1. The van der Waals surface area contributed by atoms with Gasteiger partial charge in [0.15, 0.2) is 27.2 Å². The van der Waals surface area contributed by atoms with Crippen LogP contribution in [-0.2, 0) is 14.6 Å². The van der Waals surface area contributed by atoms with Gasteiger partial charge in [0, 0.05) is 23.9 Å². The van der Waals surface area contributed by atoms with Gasteiger partial charge in [-0.05, 0) is 57.3 Å². The Balaban J connectivity index is 1.79. The highest BCUT2D eigenvalue weighted by Gasteiger charge is 2.45. The number of carboxylic acids is 1. The molecule has 0 amide bonds. The fourth-order valence-corrected chi connectivity index (χ4v) is 5.71. The number of phenols is 1. The molecule has 7 N–H and O–H groups in total. The lowest BCUT2D eigenvalue weighted by Crippen LogP contribution is -2.53. The predicted molar refractivity (Wildman–Crippen MR) is 151 cm³/mol. The van der Waals surface area contributed by atoms with Gasteiger partial charge in [-0.15, -0.1) is 0 Å². The van der Waals surface area contributed by atoms with E-state index in [9.17, 15) is 27.8 Å². The first kappa shape index (κ1) is 31.3. The van der Waals surface area contributed by atoms with Crippen LogP contribution in [0.5, 0.6) is 28.9 Å². The van der Waals surface area contributed by atoms with Crippen molar-refractivity contribution in [1.29, 1.82) is 5.41 Å². The number of nitrogens with two attached hydrogens (primary N) is 2. The number of nitrogens with one attached hydrogen (secondary N) is 1. The smallest absolute Gasteiger partial charge is 0.322 e. The summed E-state index contributed by atoms with van der Waals surface area (Å²) in [4.78, 5) is 20.8. The van der Waals surface area contributed by atoms with Crippen molar-refractivity contribution in [3.8, 4) is 28.9 Å². The van der Waals surface area contributed by atoms with Crippen molar-refractivity contribution in [1.82, 2.24) is 9.88 Å². The van der Waals surface area contributed by atoms with Crippen molar-refractivity contribution in [2.24, 2.45) is 16.5 Å². The molecular weight excluding hydrogens is 590 g/mol. The summed E-state index contributed by atoms with van der Waals surface area (Å²) >= 11 is 0. The van der Waals surface area contributed by atoms with Gasteiger partial charge in [-0.1, -0.05) is 0 Å². The molecule has 228 valence electrons.